The Bertz CT molecular complexity index is 615. The molecule has 0 radical (unpaired) electrons. The summed E-state index contributed by atoms with van der Waals surface area (Å²) in [4.78, 5) is 11.9. The fraction of sp³-hybridized carbons (Fsp3) is 0.500. The molecular formula is C14H19Cl2NO3S. The minimum absolute atomic E-state index is 0.00468. The number of amides is 1. The van der Waals surface area contributed by atoms with Gasteiger partial charge in [0.15, 0.2) is 0 Å². The van der Waals surface area contributed by atoms with Crippen molar-refractivity contribution in [2.45, 2.75) is 44.6 Å². The molecule has 0 aromatic heterocycles. The van der Waals surface area contributed by atoms with E-state index in [0.29, 0.717) is 5.92 Å². The fourth-order valence-corrected chi connectivity index (χ4v) is 2.90. The Kier molecular flexibility index (Phi) is 6.50. The van der Waals surface area contributed by atoms with E-state index in [4.69, 9.17) is 22.3 Å². The number of halogens is 2. The molecule has 0 fully saturated rings. The number of benzene rings is 1. The zero-order chi connectivity index (χ0) is 16.2. The van der Waals surface area contributed by atoms with E-state index in [1.54, 1.807) is 0 Å². The lowest BCUT2D eigenvalue weighted by molar-refractivity contribution is 0.0937. The van der Waals surface area contributed by atoms with E-state index < -0.39 is 9.05 Å². The average Bonchev–Trinajstić information content (AvgIpc) is 2.34. The van der Waals surface area contributed by atoms with E-state index in [1.165, 1.54) is 18.2 Å². The molecule has 1 N–H and O–H groups in total. The Morgan fingerprint density at radius 2 is 1.81 bits per heavy atom. The van der Waals surface area contributed by atoms with Crippen LogP contribution in [0.15, 0.2) is 23.1 Å². The molecule has 118 valence electrons. The minimum Gasteiger partial charge on any atom is -0.350 e. The second-order valence-electron chi connectivity index (χ2n) is 5.46. The van der Waals surface area contributed by atoms with E-state index in [2.05, 4.69) is 19.2 Å². The van der Waals surface area contributed by atoms with Gasteiger partial charge in [-0.2, -0.15) is 0 Å². The largest absolute Gasteiger partial charge is 0.350 e. The lowest BCUT2D eigenvalue weighted by atomic mass is 10.0. The van der Waals surface area contributed by atoms with Crippen LogP contribution in [-0.4, -0.2) is 20.4 Å². The van der Waals surface area contributed by atoms with Crippen LogP contribution < -0.4 is 5.32 Å². The molecule has 0 saturated heterocycles. The average molecular weight is 352 g/mol. The molecule has 4 nitrogen and oxygen atoms in total. The van der Waals surface area contributed by atoms with Crippen molar-refractivity contribution < 1.29 is 13.2 Å². The van der Waals surface area contributed by atoms with Gasteiger partial charge in [-0.15, -0.1) is 0 Å². The molecule has 7 heteroatoms. The van der Waals surface area contributed by atoms with E-state index in [9.17, 15) is 13.2 Å². The lowest BCUT2D eigenvalue weighted by Gasteiger charge is -2.15. The molecule has 0 spiro atoms. The molecule has 1 atom stereocenters. The zero-order valence-corrected chi connectivity index (χ0v) is 14.5. The summed E-state index contributed by atoms with van der Waals surface area (Å²) in [6.45, 7) is 6.14. The van der Waals surface area contributed by atoms with Gasteiger partial charge in [-0.1, -0.05) is 25.4 Å². The first kappa shape index (κ1) is 18.3. The second kappa shape index (κ2) is 7.47. The van der Waals surface area contributed by atoms with E-state index >= 15 is 0 Å². The van der Waals surface area contributed by atoms with Gasteiger partial charge in [0.1, 0.15) is 0 Å². The topological polar surface area (TPSA) is 63.2 Å². The van der Waals surface area contributed by atoms with Gasteiger partial charge < -0.3 is 5.32 Å². The maximum atomic E-state index is 12.1. The molecule has 1 unspecified atom stereocenters. The zero-order valence-electron chi connectivity index (χ0n) is 12.2. The first-order chi connectivity index (χ1) is 9.59. The van der Waals surface area contributed by atoms with E-state index in [-0.39, 0.29) is 27.4 Å². The van der Waals surface area contributed by atoms with Crippen LogP contribution in [0.4, 0.5) is 0 Å². The summed E-state index contributed by atoms with van der Waals surface area (Å²) in [5.41, 5.74) is 0.179. The highest BCUT2D eigenvalue weighted by atomic mass is 35.7. The van der Waals surface area contributed by atoms with Crippen molar-refractivity contribution in [3.05, 3.63) is 28.8 Å². The standard InChI is InChI=1S/C14H19Cl2NO3S/c1-9(2)4-5-10(3)17-14(18)11-6-12(15)8-13(7-11)21(16,19)20/h6-10H,4-5H2,1-3H3,(H,17,18). The Morgan fingerprint density at radius 3 is 2.33 bits per heavy atom. The lowest BCUT2D eigenvalue weighted by Crippen LogP contribution is -2.32. The Hall–Kier alpha value is -0.780. The molecule has 1 aromatic rings. The van der Waals surface area contributed by atoms with E-state index in [1.807, 2.05) is 6.92 Å². The molecule has 1 amide bonds. The highest BCUT2D eigenvalue weighted by molar-refractivity contribution is 8.13. The van der Waals surface area contributed by atoms with Crippen molar-refractivity contribution in [3.63, 3.8) is 0 Å². The summed E-state index contributed by atoms with van der Waals surface area (Å²) in [5, 5.41) is 2.97. The Labute approximate surface area is 135 Å². The quantitative estimate of drug-likeness (QED) is 0.792. The molecular weight excluding hydrogens is 333 g/mol. The van der Waals surface area contributed by atoms with Crippen molar-refractivity contribution in [1.29, 1.82) is 0 Å². The van der Waals surface area contributed by atoms with Gasteiger partial charge >= 0.3 is 0 Å². The summed E-state index contributed by atoms with van der Waals surface area (Å²) in [6.07, 6.45) is 1.85. The molecule has 1 rings (SSSR count). The summed E-state index contributed by atoms with van der Waals surface area (Å²) < 4.78 is 22.7. The maximum Gasteiger partial charge on any atom is 0.261 e. The van der Waals surface area contributed by atoms with E-state index in [0.717, 1.165) is 12.8 Å². The Morgan fingerprint density at radius 1 is 1.19 bits per heavy atom. The predicted octanol–water partition coefficient (Wildman–Crippen LogP) is 3.82. The van der Waals surface area contributed by atoms with Crippen LogP contribution in [0.25, 0.3) is 0 Å². The normalized spacial score (nSPS) is 13.2. The highest BCUT2D eigenvalue weighted by Crippen LogP contribution is 2.22. The van der Waals surface area contributed by atoms with Gasteiger partial charge in [-0.25, -0.2) is 8.42 Å². The molecule has 0 aliphatic rings. The maximum absolute atomic E-state index is 12.1. The smallest absolute Gasteiger partial charge is 0.261 e. The minimum atomic E-state index is -3.92. The monoisotopic (exact) mass is 351 g/mol. The van der Waals surface area contributed by atoms with Crippen molar-refractivity contribution in [2.75, 3.05) is 0 Å². The van der Waals surface area contributed by atoms with Crippen LogP contribution in [-0.2, 0) is 9.05 Å². The van der Waals surface area contributed by atoms with Gasteiger partial charge in [-0.05, 0) is 43.9 Å². The van der Waals surface area contributed by atoms with Gasteiger partial charge in [-0.3, -0.25) is 4.79 Å². The molecule has 0 heterocycles. The first-order valence-corrected chi connectivity index (χ1v) is 9.34. The summed E-state index contributed by atoms with van der Waals surface area (Å²) in [6, 6.07) is 3.84. The van der Waals surface area contributed by atoms with Gasteiger partial charge in [0.05, 0.1) is 4.90 Å². The number of rotatable bonds is 6. The molecule has 1 aromatic carbocycles. The molecule has 0 bridgehead atoms. The second-order valence-corrected chi connectivity index (χ2v) is 8.46. The van der Waals surface area contributed by atoms with Crippen LogP contribution in [0.2, 0.25) is 5.02 Å². The van der Waals surface area contributed by atoms with Crippen LogP contribution in [0, 0.1) is 5.92 Å². The van der Waals surface area contributed by atoms with Crippen LogP contribution in [0.3, 0.4) is 0 Å². The highest BCUT2D eigenvalue weighted by Gasteiger charge is 2.16. The number of carbonyl (C=O) groups excluding carboxylic acids is 1. The third-order valence-corrected chi connectivity index (χ3v) is 4.52. The van der Waals surface area contributed by atoms with Crippen LogP contribution in [0.1, 0.15) is 44.0 Å². The SMILES string of the molecule is CC(C)CCC(C)NC(=O)c1cc(Cl)cc(S(=O)(=O)Cl)c1. The van der Waals surface area contributed by atoms with Gasteiger partial charge in [0.2, 0.25) is 0 Å². The number of hydrogen-bond acceptors (Lipinski definition) is 3. The van der Waals surface area contributed by atoms with Crippen molar-refractivity contribution >= 4 is 37.2 Å². The molecule has 21 heavy (non-hydrogen) atoms. The van der Waals surface area contributed by atoms with Crippen molar-refractivity contribution in [2.24, 2.45) is 5.92 Å². The van der Waals surface area contributed by atoms with Gasteiger partial charge in [0, 0.05) is 27.3 Å². The summed E-state index contributed by atoms with van der Waals surface area (Å²) in [5.74, 6) is 0.193. The first-order valence-electron chi connectivity index (χ1n) is 6.65. The third kappa shape index (κ3) is 6.24. The number of carbonyl (C=O) groups is 1. The number of nitrogens with one attached hydrogen (secondary N) is 1. The predicted molar refractivity (Wildman–Crippen MR) is 85.5 cm³/mol. The third-order valence-electron chi connectivity index (χ3n) is 2.97. The number of hydrogen-bond donors (Lipinski definition) is 1. The molecule has 0 aliphatic carbocycles. The van der Waals surface area contributed by atoms with Crippen molar-refractivity contribution in [1.82, 2.24) is 5.32 Å². The summed E-state index contributed by atoms with van der Waals surface area (Å²) in [7, 11) is 1.36. The molecule has 0 aliphatic heterocycles. The fourth-order valence-electron chi connectivity index (χ4n) is 1.80. The summed E-state index contributed by atoms with van der Waals surface area (Å²) >= 11 is 5.84. The molecule has 0 saturated carbocycles. The van der Waals surface area contributed by atoms with Crippen LogP contribution in [0.5, 0.6) is 0 Å². The van der Waals surface area contributed by atoms with Gasteiger partial charge in [0.25, 0.3) is 15.0 Å². The van der Waals surface area contributed by atoms with Crippen molar-refractivity contribution in [3.8, 4) is 0 Å². The van der Waals surface area contributed by atoms with Crippen LogP contribution >= 0.6 is 22.3 Å². The Balaban J connectivity index is 2.86.